The van der Waals surface area contributed by atoms with E-state index >= 15 is 0 Å². The Morgan fingerprint density at radius 3 is 0.784 bits per heavy atom. The van der Waals surface area contributed by atoms with E-state index in [-0.39, 0.29) is 0 Å². The second kappa shape index (κ2) is 31.3. The molecule has 0 atom stereocenters. The lowest BCUT2D eigenvalue weighted by Crippen LogP contribution is -2.11. The van der Waals surface area contributed by atoms with Gasteiger partial charge in [0.1, 0.15) is 62.1 Å². The van der Waals surface area contributed by atoms with Gasteiger partial charge in [-0.1, -0.05) is 133 Å². The molecule has 0 bridgehead atoms. The Kier molecular flexibility index (Phi) is 17.7. The van der Waals surface area contributed by atoms with Gasteiger partial charge < -0.3 is 0 Å². The molecule has 0 unspecified atom stereocenters. The average molecular weight is 1730 g/mol. The second-order valence-electron chi connectivity index (χ2n) is 31.7. The van der Waals surface area contributed by atoms with Crippen LogP contribution in [0.1, 0.15) is 0 Å². The molecular formula is C106H62N28. The minimum atomic E-state index is 0.391. The third-order valence-electron chi connectivity index (χ3n) is 24.1. The van der Waals surface area contributed by atoms with Crippen LogP contribution in [0.25, 0.3) is 246 Å². The van der Waals surface area contributed by atoms with Crippen molar-refractivity contribution in [3.05, 3.63) is 378 Å². The van der Waals surface area contributed by atoms with Crippen LogP contribution in [-0.2, 0) is 0 Å². The molecule has 6 aromatic carbocycles. The van der Waals surface area contributed by atoms with E-state index in [4.69, 9.17) is 105 Å². The molecule has 0 aliphatic carbocycles. The van der Waals surface area contributed by atoms with Gasteiger partial charge in [0.15, 0.2) is 17.5 Å². The Bertz CT molecular complexity index is 8870. The summed E-state index contributed by atoms with van der Waals surface area (Å²) in [5.74, 6) is 3.90. The summed E-state index contributed by atoms with van der Waals surface area (Å²) >= 11 is 0. The summed E-state index contributed by atoms with van der Waals surface area (Å²) in [6, 6.07) is 98.8. The monoisotopic (exact) mass is 1730 g/mol. The summed E-state index contributed by atoms with van der Waals surface area (Å²) in [5.41, 5.74) is 17.3. The molecule has 0 amide bonds. The molecule has 0 fully saturated rings. The minimum Gasteiger partial charge on any atom is -0.262 e. The van der Waals surface area contributed by atoms with Crippen LogP contribution in [0.3, 0.4) is 0 Å². The summed E-state index contributed by atoms with van der Waals surface area (Å²) in [6.07, 6.45) is 23.0. The number of hydrogen-bond donors (Lipinski definition) is 0. The van der Waals surface area contributed by atoms with Gasteiger partial charge in [-0.15, -0.1) is 0 Å². The number of para-hydroxylation sites is 1. The highest BCUT2D eigenvalue weighted by molar-refractivity contribution is 6.13. The van der Waals surface area contributed by atoms with Crippen molar-refractivity contribution >= 4 is 154 Å². The smallest absolute Gasteiger partial charge is 0.242 e. The molecule has 28 nitrogen and oxygen atoms in total. The number of rotatable bonds is 11. The number of aromatic nitrogens is 28. The molecule has 22 aromatic heterocycles. The molecule has 0 spiro atoms. The van der Waals surface area contributed by atoms with Gasteiger partial charge in [0.25, 0.3) is 0 Å². The summed E-state index contributed by atoms with van der Waals surface area (Å²) in [6.45, 7) is 0. The number of benzene rings is 6. The number of hydrogen-bond acceptors (Lipinski definition) is 22. The lowest BCUT2D eigenvalue weighted by Gasteiger charge is -2.13. The van der Waals surface area contributed by atoms with E-state index in [0.717, 1.165) is 137 Å². The quantitative estimate of drug-likeness (QED) is 0.109. The Balaban J connectivity index is 0.000000105. The van der Waals surface area contributed by atoms with Gasteiger partial charge >= 0.3 is 0 Å². The van der Waals surface area contributed by atoms with E-state index < -0.39 is 0 Å². The average Bonchev–Trinajstić information content (AvgIpc) is 1.54. The van der Waals surface area contributed by atoms with Crippen LogP contribution in [0.2, 0.25) is 0 Å². The van der Waals surface area contributed by atoms with Gasteiger partial charge in [-0.05, 0) is 186 Å². The number of nitrogens with zero attached hydrogens (tertiary/aromatic N) is 28. The highest BCUT2D eigenvalue weighted by Crippen LogP contribution is 2.41. The fraction of sp³-hybridized carbons (Fsp3) is 0. The summed E-state index contributed by atoms with van der Waals surface area (Å²) in [4.78, 5) is 107. The van der Waals surface area contributed by atoms with Crippen LogP contribution in [0.4, 0.5) is 0 Å². The van der Waals surface area contributed by atoms with Crippen molar-refractivity contribution in [1.29, 1.82) is 0 Å². The van der Waals surface area contributed by atoms with Crippen LogP contribution in [0.15, 0.2) is 378 Å². The zero-order valence-corrected chi connectivity index (χ0v) is 70.3. The Morgan fingerprint density at radius 1 is 0.149 bits per heavy atom. The second-order valence-corrected chi connectivity index (χ2v) is 31.7. The van der Waals surface area contributed by atoms with Gasteiger partial charge in [-0.3, -0.25) is 14.5 Å². The van der Waals surface area contributed by atoms with Gasteiger partial charge in [0, 0.05) is 173 Å². The molecule has 0 aliphatic rings. The first-order valence-electron chi connectivity index (χ1n) is 43.1. The van der Waals surface area contributed by atoms with Crippen LogP contribution >= 0.6 is 0 Å². The largest absolute Gasteiger partial charge is 0.262 e. The van der Waals surface area contributed by atoms with E-state index in [0.29, 0.717) is 110 Å². The van der Waals surface area contributed by atoms with Crippen molar-refractivity contribution in [2.45, 2.75) is 0 Å². The van der Waals surface area contributed by atoms with E-state index in [1.165, 1.54) is 0 Å². The molecular weight excluding hydrogens is 1670 g/mol. The molecule has 28 heteroatoms. The molecule has 626 valence electrons. The van der Waals surface area contributed by atoms with Gasteiger partial charge in [0.05, 0.1) is 16.6 Å². The first kappa shape index (κ1) is 75.9. The van der Waals surface area contributed by atoms with Gasteiger partial charge in [0.2, 0.25) is 35.7 Å². The summed E-state index contributed by atoms with van der Waals surface area (Å²) in [7, 11) is 0. The lowest BCUT2D eigenvalue weighted by atomic mass is 10.0. The van der Waals surface area contributed by atoms with E-state index in [2.05, 4.69) is 77.8 Å². The molecule has 0 saturated heterocycles. The third kappa shape index (κ3) is 12.5. The predicted molar refractivity (Wildman–Crippen MR) is 519 cm³/mol. The Morgan fingerprint density at radius 2 is 0.403 bits per heavy atom. The van der Waals surface area contributed by atoms with Gasteiger partial charge in [-0.25, -0.2) is 77.7 Å². The molecule has 134 heavy (non-hydrogen) atoms. The van der Waals surface area contributed by atoms with Crippen LogP contribution < -0.4 is 0 Å². The van der Waals surface area contributed by atoms with Crippen LogP contribution in [0, 0.1) is 0 Å². The molecule has 0 aliphatic heterocycles. The summed E-state index contributed by atoms with van der Waals surface area (Å²) < 4.78 is 11.5. The zero-order chi connectivity index (χ0) is 88.3. The number of pyridine rings is 13. The third-order valence-corrected chi connectivity index (χ3v) is 24.1. The standard InChI is InChI=1S/C36H20N10.2C35H21N9/c1-2-14-28-22(9-1)24-11-5-17-39-32(24)45(28)35-42-31(27-20-21-8-3-15-37-29(21)30-23(27)10-4-16-38-30)43-36(44-35)46-33-25(12-6-18-40-33)26-13-7-19-41-34(26)46;1-2-9-22(10-3-1)23-11-4-12-24(21-23)29-40-34(43-30-25(13-5-17-36-30)26-14-6-18-37-31(26)43)42-35(41-29)44-32-27(15-7-19-38-32)28-16-8-20-39-33(28)44;1-2-8-22(9-3-1)23-14-16-24(17-15-23)29-40-34(43-30-25(10-4-18-36-30)26-11-5-19-37-31(26)43)42-35(41-29)44-32-27(12-6-20-38-32)28-13-7-21-39-33(28)44/h1-20H;2*1-21H. The maximum absolute atomic E-state index is 5.17. The van der Waals surface area contributed by atoms with Crippen LogP contribution in [0.5, 0.6) is 0 Å². The van der Waals surface area contributed by atoms with Crippen molar-refractivity contribution in [3.8, 4) is 92.1 Å². The summed E-state index contributed by atoms with van der Waals surface area (Å²) in [5, 5.41) is 13.5. The Hall–Kier alpha value is -19.4. The minimum absolute atomic E-state index is 0.391. The van der Waals surface area contributed by atoms with E-state index in [1.54, 1.807) is 80.6 Å². The molecule has 0 saturated carbocycles. The van der Waals surface area contributed by atoms with E-state index in [1.807, 2.05) is 252 Å². The van der Waals surface area contributed by atoms with Crippen LogP contribution in [-0.4, -0.2) is 137 Å². The van der Waals surface area contributed by atoms with Crippen molar-refractivity contribution in [3.63, 3.8) is 0 Å². The molecule has 22 heterocycles. The predicted octanol–water partition coefficient (Wildman–Crippen LogP) is 21.0. The normalized spacial score (nSPS) is 11.7. The number of fused-ring (bicyclic) bond motifs is 21. The molecule has 0 N–H and O–H groups in total. The molecule has 28 rings (SSSR count). The SMILES string of the molecule is c1ccc(-c2ccc(-c3nc(-n4c5ncccc5c5cccnc54)nc(-n4c5ncccc5c5cccnc54)n3)cc2)cc1.c1ccc(-c2cccc(-c3nc(-n4c5ncccc5c5cccnc54)nc(-n4c5ncccc5c5cccnc54)n3)c2)cc1.c1cnc2c(c1)cc(-c1nc(-n3c4ccccc4c4cccnc43)nc(-n3c4ncccc4c4cccnc43)n1)c1cccnc12. The zero-order valence-electron chi connectivity index (χ0n) is 70.3. The van der Waals surface area contributed by atoms with Crippen molar-refractivity contribution < 1.29 is 0 Å². The van der Waals surface area contributed by atoms with Crippen molar-refractivity contribution in [1.82, 2.24) is 137 Å². The molecule has 0 radical (unpaired) electrons. The maximum Gasteiger partial charge on any atom is 0.242 e. The van der Waals surface area contributed by atoms with E-state index in [9.17, 15) is 0 Å². The topological polar surface area (TPSA) is 313 Å². The first-order valence-corrected chi connectivity index (χ1v) is 43.1. The fourth-order valence-corrected chi connectivity index (χ4v) is 18.2. The lowest BCUT2D eigenvalue weighted by molar-refractivity contribution is 0.874. The van der Waals surface area contributed by atoms with Gasteiger partial charge in [-0.2, -0.15) is 44.9 Å². The maximum atomic E-state index is 5.17. The highest BCUT2D eigenvalue weighted by Gasteiger charge is 2.29. The fourth-order valence-electron chi connectivity index (χ4n) is 18.2. The highest BCUT2D eigenvalue weighted by atomic mass is 15.3. The Labute approximate surface area is 756 Å². The molecule has 28 aromatic rings. The van der Waals surface area contributed by atoms with Crippen molar-refractivity contribution in [2.75, 3.05) is 0 Å². The van der Waals surface area contributed by atoms with Crippen molar-refractivity contribution in [2.24, 2.45) is 0 Å². The first-order chi connectivity index (χ1) is 66.5.